The average Bonchev–Trinajstić information content (AvgIpc) is 2.55. The minimum atomic E-state index is 0.128. The van der Waals surface area contributed by atoms with E-state index in [9.17, 15) is 0 Å². The number of hydrogen-bond acceptors (Lipinski definition) is 5. The molecule has 0 atom stereocenters. The summed E-state index contributed by atoms with van der Waals surface area (Å²) < 4.78 is 9.57. The van der Waals surface area contributed by atoms with Crippen LogP contribution in [-0.4, -0.2) is 10.1 Å². The molecule has 0 aromatic carbocycles. The van der Waals surface area contributed by atoms with Crippen LogP contribution in [-0.2, 0) is 0 Å². The number of nitrogens with two attached hydrogens (primary N) is 1. The molecule has 2 N–H and O–H groups in total. The van der Waals surface area contributed by atoms with Gasteiger partial charge in [0.2, 0.25) is 0 Å². The van der Waals surface area contributed by atoms with Gasteiger partial charge in [0.1, 0.15) is 6.26 Å². The lowest BCUT2D eigenvalue weighted by Crippen LogP contribution is -1.79. The fraction of sp³-hybridized carbons (Fsp3) is 0. The molecular formula is C6H5N3O2. The van der Waals surface area contributed by atoms with Crippen molar-refractivity contribution in [1.82, 2.24) is 10.1 Å². The molecule has 2 heterocycles. The molecule has 0 amide bonds. The maximum absolute atomic E-state index is 5.25. The van der Waals surface area contributed by atoms with Gasteiger partial charge < -0.3 is 14.7 Å². The predicted octanol–water partition coefficient (Wildman–Crippen LogP) is 0.912. The molecule has 2 aromatic heterocycles. The van der Waals surface area contributed by atoms with Gasteiger partial charge in [-0.05, 0) is 0 Å². The van der Waals surface area contributed by atoms with Crippen molar-refractivity contribution in [2.45, 2.75) is 0 Å². The largest absolute Gasteiger partial charge is 0.422 e. The normalized spacial score (nSPS) is 10.2. The van der Waals surface area contributed by atoms with Crippen LogP contribution in [0.25, 0.3) is 11.5 Å². The Hall–Kier alpha value is -1.78. The SMILES string of the molecule is Nc1ncc(-c2ccon2)o1. The smallest absolute Gasteiger partial charge is 0.292 e. The van der Waals surface area contributed by atoms with Crippen LogP contribution in [0.3, 0.4) is 0 Å². The zero-order valence-corrected chi connectivity index (χ0v) is 5.52. The summed E-state index contributed by atoms with van der Waals surface area (Å²) in [6, 6.07) is 1.79. The number of nitrogen functional groups attached to an aromatic ring is 1. The number of aromatic nitrogens is 2. The Bertz CT molecular complexity index is 338. The van der Waals surface area contributed by atoms with Crippen molar-refractivity contribution in [2.24, 2.45) is 0 Å². The first-order valence-electron chi connectivity index (χ1n) is 2.98. The molecule has 0 aliphatic carbocycles. The second-order valence-corrected chi connectivity index (χ2v) is 1.95. The zero-order chi connectivity index (χ0) is 7.68. The Morgan fingerprint density at radius 2 is 2.36 bits per heavy atom. The van der Waals surface area contributed by atoms with Crippen molar-refractivity contribution in [1.29, 1.82) is 0 Å². The number of nitrogens with zero attached hydrogens (tertiary/aromatic N) is 2. The van der Waals surface area contributed by atoms with E-state index in [1.807, 2.05) is 0 Å². The fourth-order valence-electron chi connectivity index (χ4n) is 0.746. The molecule has 56 valence electrons. The van der Waals surface area contributed by atoms with E-state index in [4.69, 9.17) is 10.2 Å². The van der Waals surface area contributed by atoms with E-state index in [0.717, 1.165) is 0 Å². The molecule has 0 unspecified atom stereocenters. The summed E-state index contributed by atoms with van der Waals surface area (Å²) >= 11 is 0. The Balaban J connectivity index is 2.45. The Morgan fingerprint density at radius 1 is 1.45 bits per heavy atom. The summed E-state index contributed by atoms with van der Waals surface area (Å²) in [4.78, 5) is 3.70. The van der Waals surface area contributed by atoms with Crippen LogP contribution in [0.15, 0.2) is 27.5 Å². The van der Waals surface area contributed by atoms with Crippen LogP contribution in [0.5, 0.6) is 0 Å². The highest BCUT2D eigenvalue weighted by Crippen LogP contribution is 2.18. The first-order chi connectivity index (χ1) is 5.36. The summed E-state index contributed by atoms with van der Waals surface area (Å²) in [5.41, 5.74) is 5.84. The summed E-state index contributed by atoms with van der Waals surface area (Å²) in [6.45, 7) is 0. The van der Waals surface area contributed by atoms with Gasteiger partial charge >= 0.3 is 0 Å². The van der Waals surface area contributed by atoms with Crippen molar-refractivity contribution in [3.8, 4) is 11.5 Å². The molecule has 11 heavy (non-hydrogen) atoms. The zero-order valence-electron chi connectivity index (χ0n) is 5.52. The molecule has 0 saturated carbocycles. The van der Waals surface area contributed by atoms with E-state index in [-0.39, 0.29) is 6.01 Å². The lowest BCUT2D eigenvalue weighted by molar-refractivity contribution is 0.419. The molecule has 0 fully saturated rings. The van der Waals surface area contributed by atoms with E-state index in [1.54, 1.807) is 6.07 Å². The van der Waals surface area contributed by atoms with Gasteiger partial charge in [0, 0.05) is 6.07 Å². The van der Waals surface area contributed by atoms with Crippen LogP contribution in [0, 0.1) is 0 Å². The molecule has 2 rings (SSSR count). The van der Waals surface area contributed by atoms with Gasteiger partial charge in [-0.15, -0.1) is 0 Å². The van der Waals surface area contributed by atoms with E-state index < -0.39 is 0 Å². The molecule has 0 radical (unpaired) electrons. The number of rotatable bonds is 1. The van der Waals surface area contributed by atoms with Crippen LogP contribution in [0.1, 0.15) is 0 Å². The predicted molar refractivity (Wildman–Crippen MR) is 36.4 cm³/mol. The molecule has 0 bridgehead atoms. The second-order valence-electron chi connectivity index (χ2n) is 1.95. The fourth-order valence-corrected chi connectivity index (χ4v) is 0.746. The maximum Gasteiger partial charge on any atom is 0.292 e. The summed E-state index contributed by atoms with van der Waals surface area (Å²) in [5.74, 6) is 0.510. The van der Waals surface area contributed by atoms with Gasteiger partial charge in [-0.1, -0.05) is 5.16 Å². The molecule has 2 aromatic rings. The van der Waals surface area contributed by atoms with Gasteiger partial charge in [0.05, 0.1) is 6.20 Å². The maximum atomic E-state index is 5.25. The third-order valence-corrected chi connectivity index (χ3v) is 1.21. The summed E-state index contributed by atoms with van der Waals surface area (Å²) in [6.07, 6.45) is 2.95. The van der Waals surface area contributed by atoms with Crippen LogP contribution in [0.4, 0.5) is 6.01 Å². The highest BCUT2D eigenvalue weighted by molar-refractivity contribution is 5.50. The van der Waals surface area contributed by atoms with Gasteiger partial charge in [-0.3, -0.25) is 0 Å². The summed E-state index contributed by atoms with van der Waals surface area (Å²) in [7, 11) is 0. The molecule has 0 aliphatic heterocycles. The molecule has 5 nitrogen and oxygen atoms in total. The lowest BCUT2D eigenvalue weighted by atomic mass is 10.4. The van der Waals surface area contributed by atoms with Gasteiger partial charge in [0.15, 0.2) is 11.5 Å². The third-order valence-electron chi connectivity index (χ3n) is 1.21. The van der Waals surface area contributed by atoms with Crippen LogP contribution >= 0.6 is 0 Å². The molecule has 0 saturated heterocycles. The first kappa shape index (κ1) is 5.96. The van der Waals surface area contributed by atoms with E-state index in [2.05, 4.69) is 14.7 Å². The van der Waals surface area contributed by atoms with Crippen LogP contribution in [0.2, 0.25) is 0 Å². The standard InChI is InChI=1S/C6H5N3O2/c7-6-8-3-5(11-6)4-1-2-10-9-4/h1-3H,(H2,7,8). The van der Waals surface area contributed by atoms with Crippen molar-refractivity contribution < 1.29 is 8.94 Å². The monoisotopic (exact) mass is 151 g/mol. The first-order valence-corrected chi connectivity index (χ1v) is 2.98. The molecule has 0 aliphatic rings. The number of anilines is 1. The second kappa shape index (κ2) is 2.12. The minimum absolute atomic E-state index is 0.128. The van der Waals surface area contributed by atoms with E-state index in [0.29, 0.717) is 11.5 Å². The molecular weight excluding hydrogens is 146 g/mol. The van der Waals surface area contributed by atoms with E-state index in [1.165, 1.54) is 12.5 Å². The Kier molecular flexibility index (Phi) is 1.15. The number of oxazole rings is 1. The third kappa shape index (κ3) is 0.958. The highest BCUT2D eigenvalue weighted by atomic mass is 16.5. The molecule has 0 spiro atoms. The van der Waals surface area contributed by atoms with Gasteiger partial charge in [-0.2, -0.15) is 0 Å². The topological polar surface area (TPSA) is 78.1 Å². The van der Waals surface area contributed by atoms with Crippen LogP contribution < -0.4 is 5.73 Å². The van der Waals surface area contributed by atoms with Gasteiger partial charge in [0.25, 0.3) is 6.01 Å². The van der Waals surface area contributed by atoms with Crippen molar-refractivity contribution in [2.75, 3.05) is 5.73 Å². The Labute approximate surface area is 61.8 Å². The summed E-state index contributed by atoms with van der Waals surface area (Å²) in [5, 5.41) is 3.64. The van der Waals surface area contributed by atoms with Crippen molar-refractivity contribution >= 4 is 6.01 Å². The van der Waals surface area contributed by atoms with E-state index >= 15 is 0 Å². The van der Waals surface area contributed by atoms with Gasteiger partial charge in [-0.25, -0.2) is 4.98 Å². The average molecular weight is 151 g/mol. The highest BCUT2D eigenvalue weighted by Gasteiger charge is 2.05. The van der Waals surface area contributed by atoms with Crippen molar-refractivity contribution in [3.05, 3.63) is 18.5 Å². The lowest BCUT2D eigenvalue weighted by Gasteiger charge is -1.82. The number of hydrogen-bond donors (Lipinski definition) is 1. The minimum Gasteiger partial charge on any atom is -0.422 e. The van der Waals surface area contributed by atoms with Crippen molar-refractivity contribution in [3.63, 3.8) is 0 Å². The Morgan fingerprint density at radius 3 is 2.91 bits per heavy atom. The molecule has 5 heteroatoms. The quantitative estimate of drug-likeness (QED) is 0.655.